The number of aliphatic hydroxyl groups excluding tert-OH is 1. The van der Waals surface area contributed by atoms with Gasteiger partial charge >= 0.3 is 14.1 Å². The van der Waals surface area contributed by atoms with Crippen molar-refractivity contribution in [2.45, 2.75) is 62.9 Å². The molecule has 2 aromatic heterocycles. The molecule has 250 valence electrons. The molecule has 4 N–H and O–H groups in total. The minimum atomic E-state index is -2.74. The highest BCUT2D eigenvalue weighted by atomic mass is 31.1. The van der Waals surface area contributed by atoms with Crippen LogP contribution in [0.15, 0.2) is 47.5 Å². The van der Waals surface area contributed by atoms with Gasteiger partial charge in [-0.05, 0) is 25.3 Å². The Morgan fingerprint density at radius 1 is 1.26 bits per heavy atom. The topological polar surface area (TPSA) is 218 Å². The third kappa shape index (κ3) is 6.66. The Morgan fingerprint density at radius 2 is 2.02 bits per heavy atom. The molecule has 16 nitrogen and oxygen atoms in total. The maximum Gasteiger partial charge on any atom is 0.395 e. The Kier molecular flexibility index (Phi) is 9.41. The highest BCUT2D eigenvalue weighted by molar-refractivity contribution is 7.34. The van der Waals surface area contributed by atoms with E-state index >= 15 is 0 Å². The molecule has 47 heavy (non-hydrogen) atoms. The number of nitrogens with two attached hydrogens (primary N) is 1. The number of methoxy groups -OCH3 is 1. The molecule has 2 aliphatic rings. The first-order chi connectivity index (χ1) is 22.6. The van der Waals surface area contributed by atoms with Crippen LogP contribution in [-0.2, 0) is 19.0 Å². The van der Waals surface area contributed by atoms with E-state index in [4.69, 9.17) is 33.9 Å². The van der Waals surface area contributed by atoms with E-state index in [0.717, 1.165) is 5.39 Å². The predicted molar refractivity (Wildman–Crippen MR) is 166 cm³/mol. The number of carbonyl (C=O) groups is 1. The van der Waals surface area contributed by atoms with Crippen molar-refractivity contribution in [3.8, 4) is 17.4 Å². The first-order valence-electron chi connectivity index (χ1n) is 15.0. The van der Waals surface area contributed by atoms with Crippen molar-refractivity contribution >= 4 is 42.0 Å². The van der Waals surface area contributed by atoms with Gasteiger partial charge in [-0.25, -0.2) is 9.78 Å². The smallest absolute Gasteiger partial charge is 0.395 e. The second-order valence-electron chi connectivity index (χ2n) is 11.4. The number of aliphatic hydroxyl groups is 2. The molecular formula is C30H35N6O10P. The number of fused-ring (bicyclic) bond motifs is 2. The monoisotopic (exact) mass is 670 g/mol. The summed E-state index contributed by atoms with van der Waals surface area (Å²) in [5.74, 6) is -0.242. The first kappa shape index (κ1) is 32.7. The van der Waals surface area contributed by atoms with E-state index in [9.17, 15) is 19.9 Å². The van der Waals surface area contributed by atoms with Gasteiger partial charge in [0, 0.05) is 18.2 Å². The van der Waals surface area contributed by atoms with E-state index in [1.54, 1.807) is 24.3 Å². The summed E-state index contributed by atoms with van der Waals surface area (Å²) in [4.78, 5) is 38.2. The van der Waals surface area contributed by atoms with E-state index in [1.165, 1.54) is 31.9 Å². The first-order valence-corrected chi connectivity index (χ1v) is 16.1. The third-order valence-corrected chi connectivity index (χ3v) is 8.96. The van der Waals surface area contributed by atoms with Crippen molar-refractivity contribution in [2.24, 2.45) is 4.74 Å². The Morgan fingerprint density at radius 3 is 2.79 bits per heavy atom. The van der Waals surface area contributed by atoms with Gasteiger partial charge < -0.3 is 44.5 Å². The zero-order valence-electron chi connectivity index (χ0n) is 25.9. The van der Waals surface area contributed by atoms with E-state index in [-0.39, 0.29) is 41.7 Å². The molecule has 6 atom stereocenters. The fourth-order valence-corrected chi connectivity index (χ4v) is 6.32. The van der Waals surface area contributed by atoms with Crippen LogP contribution in [0.25, 0.3) is 21.9 Å². The highest BCUT2D eigenvalue weighted by Crippen LogP contribution is 2.43. The summed E-state index contributed by atoms with van der Waals surface area (Å²) in [5.41, 5.74) is 4.56. The molecule has 0 radical (unpaired) electrons. The minimum Gasteiger partial charge on any atom is -0.575 e. The number of anilines is 1. The fourth-order valence-electron chi connectivity index (χ4n) is 5.55. The van der Waals surface area contributed by atoms with Gasteiger partial charge in [-0.15, -0.1) is 0 Å². The normalized spacial score (nSPS) is 24.4. The van der Waals surface area contributed by atoms with Gasteiger partial charge in [-0.1, -0.05) is 35.1 Å². The number of benzene rings is 2. The zero-order valence-corrected chi connectivity index (χ0v) is 26.8. The van der Waals surface area contributed by atoms with Crippen LogP contribution in [0.1, 0.15) is 32.9 Å². The Balaban J connectivity index is 1.21. The summed E-state index contributed by atoms with van der Waals surface area (Å²) in [6.45, 7) is 3.68. The summed E-state index contributed by atoms with van der Waals surface area (Å²) in [6.07, 6.45) is -1.31. The van der Waals surface area contributed by atoms with Crippen molar-refractivity contribution in [2.75, 3.05) is 32.7 Å². The van der Waals surface area contributed by atoms with Crippen LogP contribution in [0, 0.1) is 0 Å². The van der Waals surface area contributed by atoms with Crippen molar-refractivity contribution in [1.29, 1.82) is 0 Å². The molecule has 0 saturated carbocycles. The number of ether oxygens (including phenoxy) is 5. The summed E-state index contributed by atoms with van der Waals surface area (Å²) in [6, 6.07) is 9.59. The second kappa shape index (κ2) is 13.5. The average Bonchev–Trinajstić information content (AvgIpc) is 3.57. The fraction of sp³-hybridized carbons (Fsp3) is 0.467. The summed E-state index contributed by atoms with van der Waals surface area (Å²) in [7, 11) is -1.32. The molecule has 2 fully saturated rings. The van der Waals surface area contributed by atoms with Gasteiger partial charge in [-0.2, -0.15) is 9.97 Å². The van der Waals surface area contributed by atoms with Crippen LogP contribution in [0.4, 0.5) is 5.95 Å². The van der Waals surface area contributed by atoms with E-state index in [2.05, 4.69) is 19.7 Å². The van der Waals surface area contributed by atoms with Crippen LogP contribution in [0.5, 0.6) is 17.4 Å². The van der Waals surface area contributed by atoms with E-state index in [0.29, 0.717) is 37.0 Å². The van der Waals surface area contributed by atoms with Crippen molar-refractivity contribution in [1.82, 2.24) is 19.5 Å². The number of aromatic nitrogens is 4. The lowest BCUT2D eigenvalue weighted by atomic mass is 9.96. The number of rotatable bonds is 10. The predicted octanol–water partition coefficient (Wildman–Crippen LogP) is 2.00. The van der Waals surface area contributed by atoms with E-state index < -0.39 is 44.2 Å². The number of hydrogen-bond donors (Lipinski definition) is 3. The van der Waals surface area contributed by atoms with Crippen LogP contribution in [0.3, 0.4) is 0 Å². The highest BCUT2D eigenvalue weighted by Gasteiger charge is 2.54. The molecular weight excluding hydrogens is 635 g/mol. The van der Waals surface area contributed by atoms with Gasteiger partial charge in [0.05, 0.1) is 26.7 Å². The van der Waals surface area contributed by atoms with Crippen LogP contribution < -0.4 is 24.6 Å². The Bertz CT molecular complexity index is 1800. The summed E-state index contributed by atoms with van der Waals surface area (Å²) < 4.78 is 39.5. The molecule has 0 aliphatic carbocycles. The quantitative estimate of drug-likeness (QED) is 0.162. The molecule has 0 bridgehead atoms. The van der Waals surface area contributed by atoms with Crippen LogP contribution in [-0.4, -0.2) is 92.6 Å². The third-order valence-electron chi connectivity index (χ3n) is 8.08. The Labute approximate surface area is 270 Å². The number of imidazole rings is 1. The molecule has 4 heterocycles. The molecule has 17 heteroatoms. The van der Waals surface area contributed by atoms with Crippen LogP contribution >= 0.6 is 8.17 Å². The van der Waals surface area contributed by atoms with Gasteiger partial charge in [0.1, 0.15) is 30.5 Å². The van der Waals surface area contributed by atoms with Crippen molar-refractivity contribution in [3.05, 3.63) is 42.7 Å². The van der Waals surface area contributed by atoms with Gasteiger partial charge in [0.25, 0.3) is 0 Å². The average molecular weight is 671 g/mol. The standard InChI is InChI=1S/C30H35N6O10P/c1-16(27(38)44-18-10-12-42-13-11-18)35-47(40)46-23-19-7-5-4-6-17(19)8-9-20(23)43-14-21-24(37)30(2,39)28(45-21)36-15-32-22-25(36)33-29(31)34-26(22)41-3/h4-9,15-16,18,21,24,28,37,39H,10-14H2,1-3H3,(H2,31,33,34)/t16-,21+,24+,28?,30+/m0/s1. The summed E-state index contributed by atoms with van der Waals surface area (Å²) >= 11 is 0. The van der Waals surface area contributed by atoms with E-state index in [1.807, 2.05) is 12.1 Å². The summed E-state index contributed by atoms with van der Waals surface area (Å²) in [5, 5.41) is 23.8. The van der Waals surface area contributed by atoms with Gasteiger partial charge in [-0.3, -0.25) is 9.09 Å². The largest absolute Gasteiger partial charge is 0.575 e. The molecule has 2 unspecified atom stereocenters. The number of hydrogen-bond acceptors (Lipinski definition) is 15. The van der Waals surface area contributed by atoms with Crippen molar-refractivity contribution < 1.29 is 48.1 Å². The number of esters is 1. The number of carbonyl (C=O) groups excluding carboxylic acids is 1. The van der Waals surface area contributed by atoms with Crippen LogP contribution in [0.2, 0.25) is 0 Å². The lowest BCUT2D eigenvalue weighted by molar-refractivity contribution is -0.170. The molecule has 4 aromatic rings. The van der Waals surface area contributed by atoms with Crippen molar-refractivity contribution in [3.63, 3.8) is 0 Å². The molecule has 0 spiro atoms. The lowest BCUT2D eigenvalue weighted by Gasteiger charge is -2.27. The Hall–Kier alpha value is -4.18. The zero-order chi connectivity index (χ0) is 33.3. The maximum atomic E-state index is 13.1. The molecule has 2 aliphatic heterocycles. The second-order valence-corrected chi connectivity index (χ2v) is 12.3. The minimum absolute atomic E-state index is 0.0753. The van der Waals surface area contributed by atoms with Gasteiger partial charge in [0.2, 0.25) is 17.6 Å². The van der Waals surface area contributed by atoms with Gasteiger partial charge in [0.15, 0.2) is 29.2 Å². The molecule has 0 amide bonds. The molecule has 2 aromatic carbocycles. The maximum absolute atomic E-state index is 13.1. The number of nitrogen functional groups attached to an aromatic ring is 1. The molecule has 2 saturated heterocycles. The number of nitrogens with zero attached hydrogens (tertiary/aromatic N) is 5. The SMILES string of the molecule is COc1nc(N)nc2c1ncn2C1O[C@H](COc2ccc3ccccc3c2O/[P+]([O-])=N/[C@@H](C)C(=O)OC2CCOCC2)[C@@H](O)[C@@]1(C)O. The lowest BCUT2D eigenvalue weighted by Crippen LogP contribution is -2.44. The molecule has 6 rings (SSSR count).